The van der Waals surface area contributed by atoms with Crippen LogP contribution in [0.3, 0.4) is 0 Å². The molecule has 0 aromatic rings. The van der Waals surface area contributed by atoms with Gasteiger partial charge in [-0.15, -0.1) is 0 Å². The summed E-state index contributed by atoms with van der Waals surface area (Å²) in [5.74, 6) is -6.62. The number of hydrogen-bond acceptors (Lipinski definition) is 8. The number of carbonyl (C=O) groups excluding carboxylic acids is 4. The lowest BCUT2D eigenvalue weighted by Gasteiger charge is -2.28. The molecule has 4 amide bonds. The van der Waals surface area contributed by atoms with Crippen LogP contribution in [-0.4, -0.2) is 76.5 Å². The Morgan fingerprint density at radius 1 is 0.853 bits per heavy atom. The van der Waals surface area contributed by atoms with Gasteiger partial charge in [0.05, 0.1) is 18.9 Å². The number of unbranched alkanes of at least 4 members (excludes halogenated alkanes) is 1. The van der Waals surface area contributed by atoms with Crippen LogP contribution in [0.2, 0.25) is 0 Å². The van der Waals surface area contributed by atoms with Gasteiger partial charge in [0.25, 0.3) is 0 Å². The summed E-state index contributed by atoms with van der Waals surface area (Å²) in [5.41, 5.74) is 16.2. The summed E-state index contributed by atoms with van der Waals surface area (Å²) in [7, 11) is 0. The van der Waals surface area contributed by atoms with E-state index < -0.39 is 78.5 Å². The van der Waals surface area contributed by atoms with Crippen LogP contribution in [0.4, 0.5) is 0 Å². The van der Waals surface area contributed by atoms with Crippen molar-refractivity contribution in [2.75, 3.05) is 6.54 Å². The number of carbonyl (C=O) groups is 6. The van der Waals surface area contributed by atoms with Gasteiger partial charge in [0.15, 0.2) is 0 Å². The second-order valence-electron chi connectivity index (χ2n) is 7.99. The van der Waals surface area contributed by atoms with Gasteiger partial charge in [-0.2, -0.15) is 0 Å². The van der Waals surface area contributed by atoms with E-state index in [1.54, 1.807) is 13.8 Å². The van der Waals surface area contributed by atoms with E-state index in [1.807, 2.05) is 0 Å². The van der Waals surface area contributed by atoms with E-state index in [0.717, 1.165) is 0 Å². The Morgan fingerprint density at radius 3 is 1.91 bits per heavy atom. The molecule has 0 saturated heterocycles. The molecule has 5 atom stereocenters. The Balaban J connectivity index is 5.59. The molecule has 0 aromatic heterocycles. The van der Waals surface area contributed by atoms with Crippen LogP contribution in [0.5, 0.6) is 0 Å². The molecule has 5 unspecified atom stereocenters. The minimum Gasteiger partial charge on any atom is -0.481 e. The highest BCUT2D eigenvalue weighted by Gasteiger charge is 2.33. The summed E-state index contributed by atoms with van der Waals surface area (Å²) in [4.78, 5) is 71.3. The van der Waals surface area contributed by atoms with Crippen molar-refractivity contribution in [3.05, 3.63) is 0 Å². The maximum Gasteiger partial charge on any atom is 0.326 e. The van der Waals surface area contributed by atoms with Gasteiger partial charge in [0, 0.05) is 0 Å². The van der Waals surface area contributed by atoms with Gasteiger partial charge < -0.3 is 43.4 Å². The molecular formula is C20H36N6O8. The first-order valence-electron chi connectivity index (χ1n) is 10.9. The fourth-order valence-corrected chi connectivity index (χ4v) is 2.94. The fraction of sp³-hybridized carbons (Fsp3) is 0.700. The minimum atomic E-state index is -1.69. The summed E-state index contributed by atoms with van der Waals surface area (Å²) in [6, 6.07) is -5.29. The summed E-state index contributed by atoms with van der Waals surface area (Å²) in [6.07, 6.45) is 0.308. The molecule has 14 heteroatoms. The lowest BCUT2D eigenvalue weighted by atomic mass is 9.96. The van der Waals surface area contributed by atoms with Gasteiger partial charge >= 0.3 is 11.9 Å². The van der Waals surface area contributed by atoms with Crippen LogP contribution < -0.4 is 33.2 Å². The van der Waals surface area contributed by atoms with E-state index in [2.05, 4.69) is 16.0 Å². The molecule has 0 spiro atoms. The molecular weight excluding hydrogens is 452 g/mol. The van der Waals surface area contributed by atoms with Crippen LogP contribution in [0.25, 0.3) is 0 Å². The zero-order valence-corrected chi connectivity index (χ0v) is 19.4. The summed E-state index contributed by atoms with van der Waals surface area (Å²) in [6.45, 7) is 3.73. The highest BCUT2D eigenvalue weighted by atomic mass is 16.4. The van der Waals surface area contributed by atoms with E-state index in [1.165, 1.54) is 0 Å². The molecule has 0 rings (SSSR count). The van der Waals surface area contributed by atoms with E-state index in [4.69, 9.17) is 22.3 Å². The van der Waals surface area contributed by atoms with Crippen LogP contribution in [0, 0.1) is 5.92 Å². The maximum absolute atomic E-state index is 13.0. The third-order valence-corrected chi connectivity index (χ3v) is 5.12. The number of rotatable bonds is 17. The van der Waals surface area contributed by atoms with Crippen molar-refractivity contribution in [1.29, 1.82) is 0 Å². The molecule has 14 nitrogen and oxygen atoms in total. The van der Waals surface area contributed by atoms with Crippen molar-refractivity contribution in [3.8, 4) is 0 Å². The van der Waals surface area contributed by atoms with Gasteiger partial charge in [-0.25, -0.2) is 4.79 Å². The largest absolute Gasteiger partial charge is 0.481 e. The van der Waals surface area contributed by atoms with Crippen LogP contribution in [-0.2, 0) is 28.8 Å². The number of primary amides is 1. The molecule has 0 aliphatic rings. The van der Waals surface area contributed by atoms with Crippen molar-refractivity contribution < 1.29 is 39.0 Å². The normalized spacial score (nSPS) is 15.2. The smallest absolute Gasteiger partial charge is 0.326 e. The topological polar surface area (TPSA) is 257 Å². The van der Waals surface area contributed by atoms with E-state index in [0.29, 0.717) is 25.8 Å². The van der Waals surface area contributed by atoms with E-state index in [9.17, 15) is 33.9 Å². The Labute approximate surface area is 197 Å². The van der Waals surface area contributed by atoms with Gasteiger partial charge in [0.1, 0.15) is 18.1 Å². The van der Waals surface area contributed by atoms with Crippen molar-refractivity contribution in [2.24, 2.45) is 23.1 Å². The standard InChI is InChI=1S/C20H36N6O8/c1-3-10(2)16(19(32)25-13(20(33)34)9-15(28)29)26-18(31)12(6-4-5-7-21)24-17(30)11(22)8-14(23)27/h10-13,16H,3-9,21-22H2,1-2H3,(H2,23,27)(H,24,30)(H,25,32)(H,26,31)(H,28,29)(H,33,34). The zero-order chi connectivity index (χ0) is 26.4. The molecule has 0 radical (unpaired) electrons. The Kier molecular flexibility index (Phi) is 14.1. The SMILES string of the molecule is CCC(C)C(NC(=O)C(CCCCN)NC(=O)C(N)CC(N)=O)C(=O)NC(CC(=O)O)C(=O)O. The predicted molar refractivity (Wildman–Crippen MR) is 120 cm³/mol. The number of nitrogens with one attached hydrogen (secondary N) is 3. The third-order valence-electron chi connectivity index (χ3n) is 5.12. The fourth-order valence-electron chi connectivity index (χ4n) is 2.94. The predicted octanol–water partition coefficient (Wildman–Crippen LogP) is -2.62. The number of hydrogen-bond donors (Lipinski definition) is 8. The molecule has 0 bridgehead atoms. The first-order valence-corrected chi connectivity index (χ1v) is 10.9. The number of carboxylic acids is 2. The molecule has 194 valence electrons. The van der Waals surface area contributed by atoms with Gasteiger partial charge in [-0.3, -0.25) is 24.0 Å². The lowest BCUT2D eigenvalue weighted by Crippen LogP contribution is -2.59. The van der Waals surface area contributed by atoms with Crippen molar-refractivity contribution in [3.63, 3.8) is 0 Å². The van der Waals surface area contributed by atoms with Crippen LogP contribution >= 0.6 is 0 Å². The van der Waals surface area contributed by atoms with Crippen LogP contribution in [0.1, 0.15) is 52.4 Å². The Hall–Kier alpha value is -3.26. The molecule has 34 heavy (non-hydrogen) atoms. The molecule has 0 fully saturated rings. The third kappa shape index (κ3) is 11.6. The average Bonchev–Trinajstić information content (AvgIpc) is 2.74. The molecule has 0 saturated carbocycles. The Bertz CT molecular complexity index is 747. The highest BCUT2D eigenvalue weighted by molar-refractivity contribution is 5.95. The molecule has 11 N–H and O–H groups in total. The number of carboxylic acid groups (broad SMARTS) is 2. The lowest BCUT2D eigenvalue weighted by molar-refractivity contribution is -0.147. The number of nitrogens with two attached hydrogens (primary N) is 3. The summed E-state index contributed by atoms with van der Waals surface area (Å²) >= 11 is 0. The van der Waals surface area contributed by atoms with Crippen molar-refractivity contribution >= 4 is 35.6 Å². The van der Waals surface area contributed by atoms with Crippen LogP contribution in [0.15, 0.2) is 0 Å². The maximum atomic E-state index is 13.0. The molecule has 0 aliphatic carbocycles. The van der Waals surface area contributed by atoms with Gasteiger partial charge in [-0.05, 0) is 31.7 Å². The van der Waals surface area contributed by atoms with E-state index >= 15 is 0 Å². The average molecular weight is 489 g/mol. The summed E-state index contributed by atoms with van der Waals surface area (Å²) in [5, 5.41) is 25.1. The summed E-state index contributed by atoms with van der Waals surface area (Å²) < 4.78 is 0. The first-order chi connectivity index (χ1) is 15.8. The highest BCUT2D eigenvalue weighted by Crippen LogP contribution is 2.11. The molecule has 0 aliphatic heterocycles. The van der Waals surface area contributed by atoms with Crippen molar-refractivity contribution in [1.82, 2.24) is 16.0 Å². The molecule has 0 heterocycles. The second kappa shape index (κ2) is 15.6. The van der Waals surface area contributed by atoms with Crippen molar-refractivity contribution in [2.45, 2.75) is 76.5 Å². The number of aliphatic carboxylic acids is 2. The Morgan fingerprint density at radius 2 is 1.44 bits per heavy atom. The monoisotopic (exact) mass is 488 g/mol. The van der Waals surface area contributed by atoms with Gasteiger partial charge in [-0.1, -0.05) is 20.3 Å². The van der Waals surface area contributed by atoms with Gasteiger partial charge in [0.2, 0.25) is 23.6 Å². The number of amides is 4. The quantitative estimate of drug-likeness (QED) is 0.0988. The zero-order valence-electron chi connectivity index (χ0n) is 19.4. The second-order valence-corrected chi connectivity index (χ2v) is 7.99. The first kappa shape index (κ1) is 30.7. The van der Waals surface area contributed by atoms with E-state index in [-0.39, 0.29) is 6.42 Å². The molecule has 0 aromatic carbocycles. The minimum absolute atomic E-state index is 0.156.